The van der Waals surface area contributed by atoms with E-state index in [-0.39, 0.29) is 5.54 Å². The van der Waals surface area contributed by atoms with Crippen molar-refractivity contribution in [2.24, 2.45) is 0 Å². The van der Waals surface area contributed by atoms with Gasteiger partial charge in [0, 0.05) is 12.1 Å². The van der Waals surface area contributed by atoms with E-state index < -0.39 is 0 Å². The van der Waals surface area contributed by atoms with Gasteiger partial charge >= 0.3 is 0 Å². The van der Waals surface area contributed by atoms with Crippen molar-refractivity contribution >= 4 is 0 Å². The van der Waals surface area contributed by atoms with Crippen molar-refractivity contribution in [2.75, 3.05) is 26.4 Å². The highest BCUT2D eigenvalue weighted by Gasteiger charge is 2.42. The van der Waals surface area contributed by atoms with Gasteiger partial charge in [0.05, 0.1) is 13.2 Å². The fourth-order valence-corrected chi connectivity index (χ4v) is 2.35. The zero-order chi connectivity index (χ0) is 10.3. The topological polar surface area (TPSA) is 30.5 Å². The van der Waals surface area contributed by atoms with E-state index in [1.165, 1.54) is 11.1 Å². The van der Waals surface area contributed by atoms with Crippen LogP contribution in [0.2, 0.25) is 0 Å². The molecule has 1 spiro atoms. The lowest BCUT2D eigenvalue weighted by Gasteiger charge is -2.33. The van der Waals surface area contributed by atoms with Crippen LogP contribution < -0.4 is 10.1 Å². The zero-order valence-corrected chi connectivity index (χ0v) is 8.88. The molecule has 3 nitrogen and oxygen atoms in total. The monoisotopic (exact) mass is 205 g/mol. The number of hydrogen-bond acceptors (Lipinski definition) is 3. The Bertz CT molecular complexity index is 383. The van der Waals surface area contributed by atoms with E-state index in [1.54, 1.807) is 0 Å². The summed E-state index contributed by atoms with van der Waals surface area (Å²) < 4.78 is 11.3. The minimum atomic E-state index is -0.0959. The summed E-state index contributed by atoms with van der Waals surface area (Å²) in [4.78, 5) is 0. The standard InChI is InChI=1S/C12H15NO2/c1-9-2-3-10-11(6-9)15-8-12(10)7-14-5-4-13-12/h2-3,6,13H,4-5,7-8H2,1H3/t12-/m0/s1. The molecule has 0 aliphatic carbocycles. The van der Waals surface area contributed by atoms with E-state index in [0.717, 1.165) is 18.9 Å². The summed E-state index contributed by atoms with van der Waals surface area (Å²) in [5.74, 6) is 1.01. The van der Waals surface area contributed by atoms with Crippen LogP contribution in [0.5, 0.6) is 5.75 Å². The SMILES string of the molecule is Cc1ccc2c(c1)OC[C@@]21COCCN1. The number of morpholine rings is 1. The van der Waals surface area contributed by atoms with Crippen molar-refractivity contribution in [1.29, 1.82) is 0 Å². The molecule has 1 N–H and O–H groups in total. The first-order valence-electron chi connectivity index (χ1n) is 5.37. The summed E-state index contributed by atoms with van der Waals surface area (Å²) in [6, 6.07) is 6.38. The first kappa shape index (κ1) is 9.19. The third-order valence-electron chi connectivity index (χ3n) is 3.19. The summed E-state index contributed by atoms with van der Waals surface area (Å²) in [5.41, 5.74) is 2.39. The summed E-state index contributed by atoms with van der Waals surface area (Å²) in [5, 5.41) is 3.52. The van der Waals surface area contributed by atoms with Crippen molar-refractivity contribution in [3.05, 3.63) is 29.3 Å². The van der Waals surface area contributed by atoms with Crippen LogP contribution in [0.15, 0.2) is 18.2 Å². The number of aryl methyl sites for hydroxylation is 1. The molecule has 3 rings (SSSR count). The van der Waals surface area contributed by atoms with Crippen molar-refractivity contribution in [3.8, 4) is 5.75 Å². The van der Waals surface area contributed by atoms with E-state index in [9.17, 15) is 0 Å². The fourth-order valence-electron chi connectivity index (χ4n) is 2.35. The third-order valence-corrected chi connectivity index (χ3v) is 3.19. The first-order chi connectivity index (χ1) is 7.30. The Hall–Kier alpha value is -1.06. The second kappa shape index (κ2) is 3.22. The maximum absolute atomic E-state index is 5.73. The number of ether oxygens (including phenoxy) is 2. The molecule has 15 heavy (non-hydrogen) atoms. The van der Waals surface area contributed by atoms with Gasteiger partial charge in [0.15, 0.2) is 0 Å². The minimum absolute atomic E-state index is 0.0959. The van der Waals surface area contributed by atoms with Crippen molar-refractivity contribution in [1.82, 2.24) is 5.32 Å². The summed E-state index contributed by atoms with van der Waals surface area (Å²) in [7, 11) is 0. The lowest BCUT2D eigenvalue weighted by atomic mass is 9.91. The van der Waals surface area contributed by atoms with Crippen LogP contribution in [0.3, 0.4) is 0 Å². The Morgan fingerprint density at radius 1 is 1.33 bits per heavy atom. The molecule has 0 unspecified atom stereocenters. The molecule has 80 valence electrons. The zero-order valence-electron chi connectivity index (χ0n) is 8.88. The number of nitrogens with one attached hydrogen (secondary N) is 1. The lowest BCUT2D eigenvalue weighted by molar-refractivity contribution is 0.0160. The fraction of sp³-hybridized carbons (Fsp3) is 0.500. The van der Waals surface area contributed by atoms with Crippen LogP contribution in [0.4, 0.5) is 0 Å². The van der Waals surface area contributed by atoms with Crippen LogP contribution in [-0.4, -0.2) is 26.4 Å². The molecule has 0 aromatic heterocycles. The predicted molar refractivity (Wildman–Crippen MR) is 57.2 cm³/mol. The highest BCUT2D eigenvalue weighted by atomic mass is 16.5. The van der Waals surface area contributed by atoms with Crippen molar-refractivity contribution < 1.29 is 9.47 Å². The van der Waals surface area contributed by atoms with Crippen molar-refractivity contribution in [2.45, 2.75) is 12.5 Å². The van der Waals surface area contributed by atoms with Gasteiger partial charge in [-0.2, -0.15) is 0 Å². The highest BCUT2D eigenvalue weighted by molar-refractivity contribution is 5.45. The maximum Gasteiger partial charge on any atom is 0.124 e. The van der Waals surface area contributed by atoms with Gasteiger partial charge in [-0.05, 0) is 18.6 Å². The van der Waals surface area contributed by atoms with Crippen LogP contribution in [0, 0.1) is 6.92 Å². The number of rotatable bonds is 0. The highest BCUT2D eigenvalue weighted by Crippen LogP contribution is 2.38. The molecule has 1 fully saturated rings. The van der Waals surface area contributed by atoms with Gasteiger partial charge < -0.3 is 14.8 Å². The molecular formula is C12H15NO2. The van der Waals surface area contributed by atoms with Gasteiger partial charge in [-0.15, -0.1) is 0 Å². The first-order valence-corrected chi connectivity index (χ1v) is 5.37. The molecule has 2 aliphatic heterocycles. The van der Waals surface area contributed by atoms with Gasteiger partial charge in [0.1, 0.15) is 17.9 Å². The molecule has 0 amide bonds. The Morgan fingerprint density at radius 2 is 2.27 bits per heavy atom. The molecule has 2 aliphatic rings. The summed E-state index contributed by atoms with van der Waals surface area (Å²) >= 11 is 0. The van der Waals surface area contributed by atoms with E-state index in [1.807, 2.05) is 0 Å². The van der Waals surface area contributed by atoms with Gasteiger partial charge in [-0.3, -0.25) is 0 Å². The predicted octanol–water partition coefficient (Wildman–Crippen LogP) is 1.20. The molecule has 1 aromatic rings. The van der Waals surface area contributed by atoms with E-state index in [0.29, 0.717) is 13.2 Å². The average molecular weight is 205 g/mol. The number of hydrogen-bond donors (Lipinski definition) is 1. The smallest absolute Gasteiger partial charge is 0.124 e. The molecule has 1 atom stereocenters. The Balaban J connectivity index is 2.03. The van der Waals surface area contributed by atoms with Gasteiger partial charge in [0.2, 0.25) is 0 Å². The molecule has 0 radical (unpaired) electrons. The van der Waals surface area contributed by atoms with E-state index in [2.05, 4.69) is 30.4 Å². The molecule has 1 aromatic carbocycles. The molecule has 0 bridgehead atoms. The Labute approximate surface area is 89.4 Å². The van der Waals surface area contributed by atoms with Crippen LogP contribution in [-0.2, 0) is 10.3 Å². The van der Waals surface area contributed by atoms with Crippen LogP contribution in [0.25, 0.3) is 0 Å². The largest absolute Gasteiger partial charge is 0.491 e. The molecular weight excluding hydrogens is 190 g/mol. The molecule has 3 heteroatoms. The Kier molecular flexibility index (Phi) is 1.97. The van der Waals surface area contributed by atoms with Gasteiger partial charge in [-0.1, -0.05) is 12.1 Å². The minimum Gasteiger partial charge on any atom is -0.491 e. The lowest BCUT2D eigenvalue weighted by Crippen LogP contribution is -2.52. The van der Waals surface area contributed by atoms with E-state index >= 15 is 0 Å². The average Bonchev–Trinajstić information content (AvgIpc) is 2.58. The van der Waals surface area contributed by atoms with Gasteiger partial charge in [0.25, 0.3) is 0 Å². The Morgan fingerprint density at radius 3 is 3.07 bits per heavy atom. The van der Waals surface area contributed by atoms with Crippen LogP contribution in [0.1, 0.15) is 11.1 Å². The van der Waals surface area contributed by atoms with E-state index in [4.69, 9.17) is 9.47 Å². The summed E-state index contributed by atoms with van der Waals surface area (Å²) in [6.45, 7) is 5.17. The number of fused-ring (bicyclic) bond motifs is 2. The third kappa shape index (κ3) is 1.34. The maximum atomic E-state index is 5.73. The second-order valence-corrected chi connectivity index (χ2v) is 4.35. The molecule has 2 heterocycles. The molecule has 0 saturated carbocycles. The molecule has 1 saturated heterocycles. The summed E-state index contributed by atoms with van der Waals surface area (Å²) in [6.07, 6.45) is 0. The van der Waals surface area contributed by atoms with Crippen LogP contribution >= 0.6 is 0 Å². The second-order valence-electron chi connectivity index (χ2n) is 4.35. The number of benzene rings is 1. The van der Waals surface area contributed by atoms with Crippen molar-refractivity contribution in [3.63, 3.8) is 0 Å². The quantitative estimate of drug-likeness (QED) is 0.690. The normalized spacial score (nSPS) is 28.9. The van der Waals surface area contributed by atoms with Gasteiger partial charge in [-0.25, -0.2) is 0 Å².